The maximum absolute atomic E-state index is 9.02. The van der Waals surface area contributed by atoms with Gasteiger partial charge in [0.25, 0.3) is 0 Å². The van der Waals surface area contributed by atoms with Gasteiger partial charge in [0.1, 0.15) is 10.9 Å². The predicted molar refractivity (Wildman–Crippen MR) is 57.2 cm³/mol. The van der Waals surface area contributed by atoms with E-state index in [-0.39, 0.29) is 6.61 Å². The average Bonchev–Trinajstić information content (AvgIpc) is 2.61. The van der Waals surface area contributed by atoms with Gasteiger partial charge in [0.05, 0.1) is 6.61 Å². The lowest BCUT2D eigenvalue weighted by Crippen LogP contribution is -1.83. The second-order valence-electron chi connectivity index (χ2n) is 3.21. The second kappa shape index (κ2) is 3.41. The fourth-order valence-electron chi connectivity index (χ4n) is 1.55. The molecule has 2 rings (SSSR count). The van der Waals surface area contributed by atoms with E-state index in [4.69, 9.17) is 10.4 Å². The molecule has 0 unspecified atom stereocenters. The van der Waals surface area contributed by atoms with Crippen LogP contribution in [0.5, 0.6) is 0 Å². The third kappa shape index (κ3) is 1.39. The van der Waals surface area contributed by atoms with Gasteiger partial charge in [-0.2, -0.15) is 5.26 Å². The zero-order chi connectivity index (χ0) is 10.1. The van der Waals surface area contributed by atoms with E-state index in [1.165, 1.54) is 11.3 Å². The lowest BCUT2D eigenvalue weighted by Gasteiger charge is -1.99. The number of hydrogen-bond donors (Lipinski definition) is 1. The van der Waals surface area contributed by atoms with Crippen molar-refractivity contribution in [2.24, 2.45) is 0 Å². The number of aliphatic hydroxyl groups excluding tert-OH is 1. The summed E-state index contributed by atoms with van der Waals surface area (Å²) in [6.45, 7) is 2.05. The van der Waals surface area contributed by atoms with Crippen LogP contribution in [0.3, 0.4) is 0 Å². The van der Waals surface area contributed by atoms with E-state index in [1.54, 1.807) is 0 Å². The van der Waals surface area contributed by atoms with E-state index < -0.39 is 0 Å². The number of aryl methyl sites for hydroxylation is 1. The quantitative estimate of drug-likeness (QED) is 0.774. The standard InChI is InChI=1S/C11H9NOS/c1-7-2-8(6-13)3-9-4-10(5-12)14-11(7)9/h2-4,13H,6H2,1H3. The maximum Gasteiger partial charge on any atom is 0.110 e. The summed E-state index contributed by atoms with van der Waals surface area (Å²) >= 11 is 1.50. The van der Waals surface area contributed by atoms with Gasteiger partial charge in [-0.25, -0.2) is 0 Å². The van der Waals surface area contributed by atoms with Crippen LogP contribution in [0.15, 0.2) is 18.2 Å². The van der Waals surface area contributed by atoms with Crippen LogP contribution < -0.4 is 0 Å². The number of fused-ring (bicyclic) bond motifs is 1. The number of rotatable bonds is 1. The normalized spacial score (nSPS) is 10.4. The number of nitriles is 1. The van der Waals surface area contributed by atoms with Crippen molar-refractivity contribution in [3.05, 3.63) is 34.2 Å². The van der Waals surface area contributed by atoms with Gasteiger partial charge < -0.3 is 5.11 Å². The molecule has 0 aliphatic rings. The molecule has 0 fully saturated rings. The molecule has 0 bridgehead atoms. The largest absolute Gasteiger partial charge is 0.392 e. The summed E-state index contributed by atoms with van der Waals surface area (Å²) in [6, 6.07) is 7.89. The molecular formula is C11H9NOS. The number of benzene rings is 1. The summed E-state index contributed by atoms with van der Waals surface area (Å²) in [5, 5.41) is 18.8. The lowest BCUT2D eigenvalue weighted by atomic mass is 10.1. The zero-order valence-corrected chi connectivity index (χ0v) is 8.56. The minimum absolute atomic E-state index is 0.0501. The van der Waals surface area contributed by atoms with E-state index in [1.807, 2.05) is 25.1 Å². The third-order valence-corrected chi connectivity index (χ3v) is 3.35. The highest BCUT2D eigenvalue weighted by atomic mass is 32.1. The molecule has 14 heavy (non-hydrogen) atoms. The van der Waals surface area contributed by atoms with Gasteiger partial charge in [0.15, 0.2) is 0 Å². The highest BCUT2D eigenvalue weighted by Crippen LogP contribution is 2.29. The first-order chi connectivity index (χ1) is 6.74. The van der Waals surface area contributed by atoms with Crippen LogP contribution >= 0.6 is 11.3 Å². The number of thiophene rings is 1. The maximum atomic E-state index is 9.02. The molecule has 0 atom stereocenters. The molecule has 1 aromatic heterocycles. The van der Waals surface area contributed by atoms with E-state index in [2.05, 4.69) is 6.07 Å². The number of aliphatic hydroxyl groups is 1. The predicted octanol–water partition coefficient (Wildman–Crippen LogP) is 2.57. The highest BCUT2D eigenvalue weighted by molar-refractivity contribution is 7.19. The van der Waals surface area contributed by atoms with Gasteiger partial charge in [-0.05, 0) is 35.6 Å². The van der Waals surface area contributed by atoms with Gasteiger partial charge in [-0.3, -0.25) is 0 Å². The molecule has 0 aliphatic heterocycles. The zero-order valence-electron chi connectivity index (χ0n) is 7.74. The van der Waals surface area contributed by atoms with Crippen LogP contribution in [0.2, 0.25) is 0 Å². The Bertz CT molecular complexity index is 522. The summed E-state index contributed by atoms with van der Waals surface area (Å²) in [6.07, 6.45) is 0. The molecule has 1 aromatic carbocycles. The molecule has 0 aliphatic carbocycles. The monoisotopic (exact) mass is 203 g/mol. The molecule has 2 aromatic rings. The van der Waals surface area contributed by atoms with E-state index >= 15 is 0 Å². The van der Waals surface area contributed by atoms with Crippen molar-refractivity contribution in [2.75, 3.05) is 0 Å². The molecule has 0 spiro atoms. The second-order valence-corrected chi connectivity index (χ2v) is 4.26. The van der Waals surface area contributed by atoms with Crippen molar-refractivity contribution in [3.63, 3.8) is 0 Å². The van der Waals surface area contributed by atoms with Crippen LogP contribution in [0.4, 0.5) is 0 Å². The highest BCUT2D eigenvalue weighted by Gasteiger charge is 2.05. The van der Waals surface area contributed by atoms with Crippen LogP contribution in [-0.2, 0) is 6.61 Å². The Labute approximate surface area is 86.0 Å². The Morgan fingerprint density at radius 3 is 2.86 bits per heavy atom. The summed E-state index contributed by atoms with van der Waals surface area (Å²) in [7, 11) is 0. The molecule has 0 saturated carbocycles. The van der Waals surface area contributed by atoms with Crippen LogP contribution in [0, 0.1) is 18.3 Å². The molecule has 3 heteroatoms. The van der Waals surface area contributed by atoms with Gasteiger partial charge >= 0.3 is 0 Å². The summed E-state index contributed by atoms with van der Waals surface area (Å²) in [4.78, 5) is 0.721. The third-order valence-electron chi connectivity index (χ3n) is 2.15. The smallest absolute Gasteiger partial charge is 0.110 e. The van der Waals surface area contributed by atoms with Gasteiger partial charge in [-0.15, -0.1) is 11.3 Å². The van der Waals surface area contributed by atoms with Crippen molar-refractivity contribution in [3.8, 4) is 6.07 Å². The molecule has 0 saturated heterocycles. The first-order valence-corrected chi connectivity index (χ1v) is 5.10. The minimum atomic E-state index is 0.0501. The molecule has 0 amide bonds. The summed E-state index contributed by atoms with van der Waals surface area (Å²) < 4.78 is 1.14. The molecule has 0 radical (unpaired) electrons. The molecule has 2 nitrogen and oxygen atoms in total. The fraction of sp³-hybridized carbons (Fsp3) is 0.182. The van der Waals surface area contributed by atoms with Crippen molar-refractivity contribution in [2.45, 2.75) is 13.5 Å². The fourth-order valence-corrected chi connectivity index (χ4v) is 2.46. The average molecular weight is 203 g/mol. The van der Waals surface area contributed by atoms with Crippen molar-refractivity contribution < 1.29 is 5.11 Å². The van der Waals surface area contributed by atoms with Crippen molar-refractivity contribution >= 4 is 21.4 Å². The van der Waals surface area contributed by atoms with E-state index in [0.717, 1.165) is 26.1 Å². The Kier molecular flexibility index (Phi) is 2.24. The van der Waals surface area contributed by atoms with Crippen LogP contribution in [0.25, 0.3) is 10.1 Å². The molecule has 1 heterocycles. The van der Waals surface area contributed by atoms with Gasteiger partial charge in [0.2, 0.25) is 0 Å². The Morgan fingerprint density at radius 1 is 1.43 bits per heavy atom. The van der Waals surface area contributed by atoms with E-state index in [0.29, 0.717) is 0 Å². The number of nitrogens with zero attached hydrogens (tertiary/aromatic N) is 1. The topological polar surface area (TPSA) is 44.0 Å². The first kappa shape index (κ1) is 9.20. The Balaban J connectivity index is 2.75. The minimum Gasteiger partial charge on any atom is -0.392 e. The summed E-state index contributed by atoms with van der Waals surface area (Å²) in [5.41, 5.74) is 2.02. The molecule has 70 valence electrons. The first-order valence-electron chi connectivity index (χ1n) is 4.28. The van der Waals surface area contributed by atoms with Gasteiger partial charge in [-0.1, -0.05) is 6.07 Å². The molecule has 1 N–H and O–H groups in total. The van der Waals surface area contributed by atoms with Gasteiger partial charge in [0, 0.05) is 4.70 Å². The SMILES string of the molecule is Cc1cc(CO)cc2cc(C#N)sc12. The number of hydrogen-bond acceptors (Lipinski definition) is 3. The van der Waals surface area contributed by atoms with Crippen LogP contribution in [-0.4, -0.2) is 5.11 Å². The van der Waals surface area contributed by atoms with Crippen LogP contribution in [0.1, 0.15) is 16.0 Å². The van der Waals surface area contributed by atoms with E-state index in [9.17, 15) is 0 Å². The Hall–Kier alpha value is -1.37. The lowest BCUT2D eigenvalue weighted by molar-refractivity contribution is 0.282. The molecular weight excluding hydrogens is 194 g/mol. The summed E-state index contributed by atoms with van der Waals surface area (Å²) in [5.74, 6) is 0. The van der Waals surface area contributed by atoms with Crippen molar-refractivity contribution in [1.29, 1.82) is 5.26 Å². The Morgan fingerprint density at radius 2 is 2.21 bits per heavy atom. The van der Waals surface area contributed by atoms with Crippen molar-refractivity contribution in [1.82, 2.24) is 0 Å².